The average molecular weight is 284 g/mol. The van der Waals surface area contributed by atoms with Crippen LogP contribution < -0.4 is 5.32 Å². The maximum atomic E-state index is 11.1. The predicted octanol–water partition coefficient (Wildman–Crippen LogP) is 1.88. The van der Waals surface area contributed by atoms with E-state index in [4.69, 9.17) is 0 Å². The molecule has 0 radical (unpaired) electrons. The largest absolute Gasteiger partial charge is 0.316 e. The lowest BCUT2D eigenvalue weighted by Crippen LogP contribution is -2.23. The molecule has 0 aliphatic rings. The Hall–Kier alpha value is -1.27. The zero-order chi connectivity index (χ0) is 14.3. The van der Waals surface area contributed by atoms with Gasteiger partial charge in [0.2, 0.25) is 0 Å². The summed E-state index contributed by atoms with van der Waals surface area (Å²) < 4.78 is 11.1. The molecule has 5 nitrogen and oxygen atoms in total. The van der Waals surface area contributed by atoms with Crippen molar-refractivity contribution in [3.8, 4) is 0 Å². The standard InChI is InChI=1S/C13H20N2O3S/c1-11(19(2)18)7-9-14-10-8-12-3-5-13(6-4-12)15(16)17/h3-6,11,14H,7-10H2,1-2H3. The fraction of sp³-hybridized carbons (Fsp3) is 0.538. The third kappa shape index (κ3) is 5.94. The molecule has 0 fully saturated rings. The van der Waals surface area contributed by atoms with E-state index in [1.807, 2.05) is 6.92 Å². The molecule has 0 heterocycles. The molecule has 0 bridgehead atoms. The highest BCUT2D eigenvalue weighted by Crippen LogP contribution is 2.11. The lowest BCUT2D eigenvalue weighted by atomic mass is 10.1. The Morgan fingerprint density at radius 1 is 1.32 bits per heavy atom. The number of nitrogens with one attached hydrogen (secondary N) is 1. The third-order valence-electron chi connectivity index (χ3n) is 3.03. The second kappa shape index (κ2) is 8.01. The van der Waals surface area contributed by atoms with E-state index in [2.05, 4.69) is 5.32 Å². The Kier molecular flexibility index (Phi) is 6.66. The van der Waals surface area contributed by atoms with E-state index < -0.39 is 15.7 Å². The van der Waals surface area contributed by atoms with Crippen molar-refractivity contribution in [2.45, 2.75) is 25.0 Å². The first kappa shape index (κ1) is 15.8. The first-order valence-corrected chi connectivity index (χ1v) is 7.89. The summed E-state index contributed by atoms with van der Waals surface area (Å²) in [7, 11) is -0.763. The minimum atomic E-state index is -0.763. The molecule has 6 heteroatoms. The molecule has 1 aromatic rings. The van der Waals surface area contributed by atoms with E-state index in [1.165, 1.54) is 12.1 Å². The fourth-order valence-corrected chi connectivity index (χ4v) is 2.06. The van der Waals surface area contributed by atoms with Crippen molar-refractivity contribution in [3.63, 3.8) is 0 Å². The summed E-state index contributed by atoms with van der Waals surface area (Å²) >= 11 is 0. The van der Waals surface area contributed by atoms with Crippen molar-refractivity contribution in [3.05, 3.63) is 39.9 Å². The van der Waals surface area contributed by atoms with Crippen LogP contribution in [-0.2, 0) is 17.2 Å². The second-order valence-electron chi connectivity index (χ2n) is 4.52. The first-order chi connectivity index (χ1) is 9.00. The van der Waals surface area contributed by atoms with Gasteiger partial charge in [0.25, 0.3) is 5.69 Å². The molecule has 1 N–H and O–H groups in total. The van der Waals surface area contributed by atoms with Crippen molar-refractivity contribution >= 4 is 16.5 Å². The van der Waals surface area contributed by atoms with Gasteiger partial charge in [-0.15, -0.1) is 0 Å². The molecule has 106 valence electrons. The maximum absolute atomic E-state index is 11.1. The molecule has 0 spiro atoms. The molecule has 2 atom stereocenters. The number of non-ortho nitro benzene ring substituents is 1. The number of nitro groups is 1. The Balaban J connectivity index is 2.22. The molecule has 0 saturated carbocycles. The molecule has 1 aromatic carbocycles. The molecule has 1 rings (SSSR count). The van der Waals surface area contributed by atoms with Crippen LogP contribution in [-0.4, -0.2) is 33.7 Å². The van der Waals surface area contributed by atoms with E-state index >= 15 is 0 Å². The van der Waals surface area contributed by atoms with Crippen LogP contribution in [0.25, 0.3) is 0 Å². The van der Waals surface area contributed by atoms with Crippen molar-refractivity contribution < 1.29 is 9.13 Å². The summed E-state index contributed by atoms with van der Waals surface area (Å²) in [5, 5.41) is 14.0. The molecule has 0 amide bonds. The van der Waals surface area contributed by atoms with E-state index in [1.54, 1.807) is 18.4 Å². The van der Waals surface area contributed by atoms with Gasteiger partial charge in [0.05, 0.1) is 4.92 Å². The first-order valence-electron chi connectivity index (χ1n) is 6.27. The topological polar surface area (TPSA) is 72.2 Å². The summed E-state index contributed by atoms with van der Waals surface area (Å²) in [5.74, 6) is 0. The van der Waals surface area contributed by atoms with E-state index in [0.29, 0.717) is 0 Å². The zero-order valence-electron chi connectivity index (χ0n) is 11.3. The van der Waals surface area contributed by atoms with Crippen LogP contribution in [0.5, 0.6) is 0 Å². The number of rotatable bonds is 8. The molecule has 0 aliphatic heterocycles. The highest BCUT2D eigenvalue weighted by molar-refractivity contribution is 7.84. The lowest BCUT2D eigenvalue weighted by molar-refractivity contribution is -0.384. The maximum Gasteiger partial charge on any atom is 0.269 e. The quantitative estimate of drug-likeness (QED) is 0.449. The molecule has 0 aromatic heterocycles. The van der Waals surface area contributed by atoms with Gasteiger partial charge in [-0.2, -0.15) is 0 Å². The zero-order valence-corrected chi connectivity index (χ0v) is 12.1. The van der Waals surface area contributed by atoms with Crippen molar-refractivity contribution in [1.82, 2.24) is 5.32 Å². The number of hydrogen-bond acceptors (Lipinski definition) is 4. The van der Waals surface area contributed by atoms with Crippen molar-refractivity contribution in [2.75, 3.05) is 19.3 Å². The summed E-state index contributed by atoms with van der Waals surface area (Å²) in [4.78, 5) is 10.1. The monoisotopic (exact) mass is 284 g/mol. The molecule has 2 unspecified atom stereocenters. The fourth-order valence-electron chi connectivity index (χ4n) is 1.61. The van der Waals surface area contributed by atoms with E-state index in [9.17, 15) is 14.3 Å². The Morgan fingerprint density at radius 2 is 1.95 bits per heavy atom. The number of nitro benzene ring substituents is 1. The number of benzene rings is 1. The summed E-state index contributed by atoms with van der Waals surface area (Å²) in [6, 6.07) is 6.61. The summed E-state index contributed by atoms with van der Waals surface area (Å²) in [5.41, 5.74) is 1.20. The summed E-state index contributed by atoms with van der Waals surface area (Å²) in [6.07, 6.45) is 3.45. The smallest absolute Gasteiger partial charge is 0.269 e. The molecule has 0 aliphatic carbocycles. The SMILES string of the molecule is CC(CCNCCc1ccc([N+](=O)[O-])cc1)S(C)=O. The van der Waals surface area contributed by atoms with Crippen LogP contribution in [0.3, 0.4) is 0 Å². The molecular formula is C13H20N2O3S. The molecule has 19 heavy (non-hydrogen) atoms. The van der Waals surface area contributed by atoms with Gasteiger partial charge in [0.1, 0.15) is 0 Å². The van der Waals surface area contributed by atoms with Gasteiger partial charge in [0.15, 0.2) is 0 Å². The minimum absolute atomic E-state index is 0.121. The van der Waals surface area contributed by atoms with Gasteiger partial charge in [-0.3, -0.25) is 14.3 Å². The van der Waals surface area contributed by atoms with Crippen LogP contribution >= 0.6 is 0 Å². The van der Waals surface area contributed by atoms with Crippen molar-refractivity contribution in [2.24, 2.45) is 0 Å². The summed E-state index contributed by atoms with van der Waals surface area (Å²) in [6.45, 7) is 3.64. The van der Waals surface area contributed by atoms with Gasteiger partial charge in [0, 0.05) is 34.4 Å². The van der Waals surface area contributed by atoms with E-state index in [0.717, 1.165) is 31.5 Å². The highest BCUT2D eigenvalue weighted by Gasteiger charge is 2.05. The van der Waals surface area contributed by atoms with Crippen LogP contribution in [0.1, 0.15) is 18.9 Å². The lowest BCUT2D eigenvalue weighted by Gasteiger charge is -2.09. The van der Waals surface area contributed by atoms with Gasteiger partial charge < -0.3 is 5.32 Å². The Labute approximate surface area is 116 Å². The average Bonchev–Trinajstić information content (AvgIpc) is 2.38. The Bertz CT molecular complexity index is 434. The molecular weight excluding hydrogens is 264 g/mol. The van der Waals surface area contributed by atoms with Crippen LogP contribution in [0.4, 0.5) is 5.69 Å². The predicted molar refractivity (Wildman–Crippen MR) is 77.8 cm³/mol. The van der Waals surface area contributed by atoms with Crippen molar-refractivity contribution in [1.29, 1.82) is 0 Å². The Morgan fingerprint density at radius 3 is 2.47 bits per heavy atom. The van der Waals surface area contributed by atoms with E-state index in [-0.39, 0.29) is 10.9 Å². The van der Waals surface area contributed by atoms with Gasteiger partial charge >= 0.3 is 0 Å². The van der Waals surface area contributed by atoms with Crippen LogP contribution in [0, 0.1) is 10.1 Å². The van der Waals surface area contributed by atoms with Crippen LogP contribution in [0.15, 0.2) is 24.3 Å². The molecule has 0 saturated heterocycles. The normalized spacial score (nSPS) is 14.0. The van der Waals surface area contributed by atoms with Gasteiger partial charge in [-0.25, -0.2) is 0 Å². The minimum Gasteiger partial charge on any atom is -0.316 e. The second-order valence-corrected chi connectivity index (χ2v) is 6.32. The van der Waals surface area contributed by atoms with Crippen LogP contribution in [0.2, 0.25) is 0 Å². The van der Waals surface area contributed by atoms with Gasteiger partial charge in [-0.1, -0.05) is 19.1 Å². The number of hydrogen-bond donors (Lipinski definition) is 1. The third-order valence-corrected chi connectivity index (χ3v) is 4.40. The number of nitrogens with zero attached hydrogens (tertiary/aromatic N) is 1. The van der Waals surface area contributed by atoms with Gasteiger partial charge in [-0.05, 0) is 31.5 Å². The highest BCUT2D eigenvalue weighted by atomic mass is 32.2.